The Morgan fingerprint density at radius 3 is 2.62 bits per heavy atom. The molecule has 3 heteroatoms. The molecule has 0 aliphatic heterocycles. The Hall–Kier alpha value is -2.29. The third-order valence-corrected chi connectivity index (χ3v) is 3.52. The number of amides is 1. The molecule has 2 rings (SSSR count). The van der Waals surface area contributed by atoms with Crippen LogP contribution in [0.25, 0.3) is 0 Å². The molecular weight excluding hydrogens is 262 g/mol. The van der Waals surface area contributed by atoms with Crippen molar-refractivity contribution in [2.24, 2.45) is 0 Å². The van der Waals surface area contributed by atoms with Crippen LogP contribution in [0.5, 0.6) is 5.75 Å². The molecule has 0 aliphatic rings. The fourth-order valence-corrected chi connectivity index (χ4v) is 2.27. The number of carbonyl (C=O) groups is 1. The van der Waals surface area contributed by atoms with Crippen LogP contribution in [0.1, 0.15) is 22.3 Å². The van der Waals surface area contributed by atoms with E-state index in [1.165, 1.54) is 5.56 Å². The summed E-state index contributed by atoms with van der Waals surface area (Å²) in [4.78, 5) is 12.1. The molecule has 0 aliphatic carbocycles. The predicted molar refractivity (Wildman–Crippen MR) is 84.5 cm³/mol. The van der Waals surface area contributed by atoms with Gasteiger partial charge in [-0.3, -0.25) is 4.79 Å². The molecule has 2 aromatic carbocycles. The Kier molecular flexibility index (Phi) is 4.99. The predicted octanol–water partition coefficient (Wildman–Crippen LogP) is 3.17. The molecule has 110 valence electrons. The topological polar surface area (TPSA) is 38.3 Å². The van der Waals surface area contributed by atoms with Crippen LogP contribution in [0.2, 0.25) is 0 Å². The van der Waals surface area contributed by atoms with E-state index in [9.17, 15) is 4.79 Å². The van der Waals surface area contributed by atoms with Crippen LogP contribution in [-0.4, -0.2) is 13.0 Å². The van der Waals surface area contributed by atoms with Crippen molar-refractivity contribution >= 4 is 5.91 Å². The molecule has 0 radical (unpaired) electrons. The highest BCUT2D eigenvalue weighted by Gasteiger charge is 2.08. The molecule has 0 bridgehead atoms. The molecule has 0 saturated heterocycles. The molecular formula is C18H21NO2. The maximum Gasteiger partial charge on any atom is 0.224 e. The van der Waals surface area contributed by atoms with E-state index in [0.29, 0.717) is 13.0 Å². The summed E-state index contributed by atoms with van der Waals surface area (Å²) < 4.78 is 5.28. The van der Waals surface area contributed by atoms with E-state index in [-0.39, 0.29) is 5.91 Å². The summed E-state index contributed by atoms with van der Waals surface area (Å²) in [5, 5.41) is 2.95. The summed E-state index contributed by atoms with van der Waals surface area (Å²) in [5.41, 5.74) is 4.38. The first-order valence-electron chi connectivity index (χ1n) is 7.05. The molecule has 1 amide bonds. The summed E-state index contributed by atoms with van der Waals surface area (Å²) in [7, 11) is 1.64. The van der Waals surface area contributed by atoms with Gasteiger partial charge >= 0.3 is 0 Å². The molecule has 0 spiro atoms. The molecule has 0 aromatic heterocycles. The molecule has 0 saturated carbocycles. The summed E-state index contributed by atoms with van der Waals surface area (Å²) in [5.74, 6) is 0.819. The van der Waals surface area contributed by atoms with E-state index in [4.69, 9.17) is 4.74 Å². The summed E-state index contributed by atoms with van der Waals surface area (Å²) in [6.07, 6.45) is 0.405. The molecule has 3 nitrogen and oxygen atoms in total. The number of benzene rings is 2. The fraction of sp³-hybridized carbons (Fsp3) is 0.278. The van der Waals surface area contributed by atoms with Gasteiger partial charge in [-0.1, -0.05) is 42.0 Å². The fourth-order valence-electron chi connectivity index (χ4n) is 2.27. The highest BCUT2D eigenvalue weighted by atomic mass is 16.5. The van der Waals surface area contributed by atoms with Gasteiger partial charge in [0.05, 0.1) is 13.5 Å². The lowest BCUT2D eigenvalue weighted by molar-refractivity contribution is -0.120. The maximum atomic E-state index is 12.1. The van der Waals surface area contributed by atoms with Crippen LogP contribution in [-0.2, 0) is 17.8 Å². The van der Waals surface area contributed by atoms with Crippen LogP contribution in [0.4, 0.5) is 0 Å². The third kappa shape index (κ3) is 4.09. The number of nitrogens with one attached hydrogen (secondary N) is 1. The number of ether oxygens (including phenoxy) is 1. The molecule has 1 N–H and O–H groups in total. The zero-order valence-electron chi connectivity index (χ0n) is 12.8. The zero-order valence-corrected chi connectivity index (χ0v) is 12.8. The second-order valence-corrected chi connectivity index (χ2v) is 5.20. The van der Waals surface area contributed by atoms with Gasteiger partial charge in [-0.15, -0.1) is 0 Å². The average Bonchev–Trinajstić information content (AvgIpc) is 2.49. The standard InChI is InChI=1S/C18H21NO2/c1-13-8-9-14(2)16(10-13)11-18(20)19-12-15-6-4-5-7-17(15)21-3/h4-10H,11-12H2,1-3H3,(H,19,20). The van der Waals surface area contributed by atoms with Crippen molar-refractivity contribution in [2.45, 2.75) is 26.8 Å². The van der Waals surface area contributed by atoms with Crippen molar-refractivity contribution in [1.29, 1.82) is 0 Å². The first-order chi connectivity index (χ1) is 10.1. The van der Waals surface area contributed by atoms with Crippen LogP contribution >= 0.6 is 0 Å². The minimum absolute atomic E-state index is 0.0228. The van der Waals surface area contributed by atoms with Crippen LogP contribution in [0, 0.1) is 13.8 Å². The Labute approximate surface area is 126 Å². The van der Waals surface area contributed by atoms with Gasteiger partial charge in [0.25, 0.3) is 0 Å². The first kappa shape index (κ1) is 15.1. The number of hydrogen-bond acceptors (Lipinski definition) is 2. The molecule has 2 aromatic rings. The summed E-state index contributed by atoms with van der Waals surface area (Å²) in [6.45, 7) is 4.55. The SMILES string of the molecule is COc1ccccc1CNC(=O)Cc1cc(C)ccc1C. The molecule has 0 fully saturated rings. The van der Waals surface area contributed by atoms with E-state index in [2.05, 4.69) is 23.5 Å². The van der Waals surface area contributed by atoms with E-state index in [1.54, 1.807) is 7.11 Å². The second kappa shape index (κ2) is 6.93. The lowest BCUT2D eigenvalue weighted by atomic mass is 10.0. The van der Waals surface area contributed by atoms with Crippen molar-refractivity contribution in [3.8, 4) is 5.75 Å². The first-order valence-corrected chi connectivity index (χ1v) is 7.05. The van der Waals surface area contributed by atoms with Gasteiger partial charge < -0.3 is 10.1 Å². The van der Waals surface area contributed by atoms with E-state index in [1.807, 2.05) is 38.1 Å². The summed E-state index contributed by atoms with van der Waals surface area (Å²) in [6, 6.07) is 13.9. The van der Waals surface area contributed by atoms with E-state index >= 15 is 0 Å². The van der Waals surface area contributed by atoms with Gasteiger partial charge in [0.1, 0.15) is 5.75 Å². The number of rotatable bonds is 5. The monoisotopic (exact) mass is 283 g/mol. The quantitative estimate of drug-likeness (QED) is 0.915. The summed E-state index contributed by atoms with van der Waals surface area (Å²) >= 11 is 0. The van der Waals surface area contributed by atoms with Crippen molar-refractivity contribution < 1.29 is 9.53 Å². The van der Waals surface area contributed by atoms with Gasteiger partial charge in [0.2, 0.25) is 5.91 Å². The Morgan fingerprint density at radius 1 is 1.10 bits per heavy atom. The van der Waals surface area contributed by atoms with Crippen molar-refractivity contribution in [3.63, 3.8) is 0 Å². The van der Waals surface area contributed by atoms with E-state index < -0.39 is 0 Å². The van der Waals surface area contributed by atoms with Crippen LogP contribution in [0.3, 0.4) is 0 Å². The van der Waals surface area contributed by atoms with Crippen molar-refractivity contribution in [2.75, 3.05) is 7.11 Å². The van der Waals surface area contributed by atoms with Gasteiger partial charge in [0.15, 0.2) is 0 Å². The number of carbonyl (C=O) groups excluding carboxylic acids is 1. The van der Waals surface area contributed by atoms with Gasteiger partial charge in [-0.25, -0.2) is 0 Å². The lowest BCUT2D eigenvalue weighted by Gasteiger charge is -2.11. The average molecular weight is 283 g/mol. The van der Waals surface area contributed by atoms with Crippen LogP contribution < -0.4 is 10.1 Å². The normalized spacial score (nSPS) is 10.2. The maximum absolute atomic E-state index is 12.1. The number of aryl methyl sites for hydroxylation is 2. The highest BCUT2D eigenvalue weighted by Crippen LogP contribution is 2.17. The minimum atomic E-state index is 0.0228. The van der Waals surface area contributed by atoms with Gasteiger partial charge in [-0.05, 0) is 31.0 Å². The molecule has 0 heterocycles. The molecule has 0 atom stereocenters. The second-order valence-electron chi connectivity index (χ2n) is 5.20. The molecule has 21 heavy (non-hydrogen) atoms. The Morgan fingerprint density at radius 2 is 1.86 bits per heavy atom. The number of methoxy groups -OCH3 is 1. The highest BCUT2D eigenvalue weighted by molar-refractivity contribution is 5.79. The van der Waals surface area contributed by atoms with Crippen molar-refractivity contribution in [1.82, 2.24) is 5.32 Å². The lowest BCUT2D eigenvalue weighted by Crippen LogP contribution is -2.25. The Balaban J connectivity index is 1.97. The molecule has 0 unspecified atom stereocenters. The smallest absolute Gasteiger partial charge is 0.224 e. The number of hydrogen-bond donors (Lipinski definition) is 1. The number of para-hydroxylation sites is 1. The largest absolute Gasteiger partial charge is 0.496 e. The Bertz CT molecular complexity index is 635. The van der Waals surface area contributed by atoms with E-state index in [0.717, 1.165) is 22.4 Å². The van der Waals surface area contributed by atoms with Gasteiger partial charge in [-0.2, -0.15) is 0 Å². The van der Waals surface area contributed by atoms with Crippen LogP contribution in [0.15, 0.2) is 42.5 Å². The third-order valence-electron chi connectivity index (χ3n) is 3.52. The minimum Gasteiger partial charge on any atom is -0.496 e. The zero-order chi connectivity index (χ0) is 15.2. The van der Waals surface area contributed by atoms with Crippen molar-refractivity contribution in [3.05, 3.63) is 64.7 Å². The van der Waals surface area contributed by atoms with Gasteiger partial charge in [0, 0.05) is 12.1 Å².